The zero-order valence-corrected chi connectivity index (χ0v) is 18.3. The lowest BCUT2D eigenvalue weighted by molar-refractivity contribution is -0.137. The van der Waals surface area contributed by atoms with E-state index in [2.05, 4.69) is 9.71 Å². The normalized spacial score (nSPS) is 15.4. The maximum Gasteiger partial charge on any atom is 0.417 e. The first-order valence-corrected chi connectivity index (χ1v) is 11.5. The Hall–Kier alpha value is -2.63. The minimum Gasteiger partial charge on any atom is -0.352 e. The number of anilines is 1. The summed E-state index contributed by atoms with van der Waals surface area (Å²) >= 11 is 5.97. The van der Waals surface area contributed by atoms with Crippen LogP contribution in [0.25, 0.3) is 6.08 Å². The number of pyridine rings is 1. The molecule has 1 fully saturated rings. The predicted octanol–water partition coefficient (Wildman–Crippen LogP) is 2.99. The number of halogens is 4. The standard InChI is InChI=1S/C20H20ClF3N4O3S/c21-17-12-16(20(22,23)24)13-25-19(17)28-9-7-27(8-10-28)18(29)14-26-32(30,31)11-6-15-4-2-1-3-5-15/h1-6,11-13,26H,7-10,14H2. The fraction of sp³-hybridized carbons (Fsp3) is 0.300. The molecule has 3 rings (SSSR count). The first-order valence-electron chi connectivity index (χ1n) is 9.53. The Morgan fingerprint density at radius 3 is 2.41 bits per heavy atom. The Morgan fingerprint density at radius 1 is 1.16 bits per heavy atom. The number of alkyl halides is 3. The van der Waals surface area contributed by atoms with Gasteiger partial charge in [-0.1, -0.05) is 41.9 Å². The monoisotopic (exact) mass is 488 g/mol. The Morgan fingerprint density at radius 2 is 1.81 bits per heavy atom. The number of piperazine rings is 1. The molecule has 12 heteroatoms. The van der Waals surface area contributed by atoms with Crippen LogP contribution in [0.3, 0.4) is 0 Å². The summed E-state index contributed by atoms with van der Waals surface area (Å²) in [6, 6.07) is 9.67. The summed E-state index contributed by atoms with van der Waals surface area (Å²) in [5, 5.41) is 0.865. The quantitative estimate of drug-likeness (QED) is 0.676. The second-order valence-electron chi connectivity index (χ2n) is 6.97. The van der Waals surface area contributed by atoms with E-state index >= 15 is 0 Å². The van der Waals surface area contributed by atoms with Crippen LogP contribution in [-0.2, 0) is 21.0 Å². The zero-order chi connectivity index (χ0) is 23.4. The third-order valence-corrected chi connectivity index (χ3v) is 6.06. The molecule has 1 saturated heterocycles. The van der Waals surface area contributed by atoms with Crippen LogP contribution in [-0.4, -0.2) is 56.9 Å². The molecule has 7 nitrogen and oxygen atoms in total. The van der Waals surface area contributed by atoms with E-state index in [1.165, 1.54) is 11.0 Å². The molecule has 0 radical (unpaired) electrons. The molecule has 2 heterocycles. The van der Waals surface area contributed by atoms with Crippen LogP contribution in [0.15, 0.2) is 48.0 Å². The van der Waals surface area contributed by atoms with Crippen LogP contribution >= 0.6 is 11.6 Å². The van der Waals surface area contributed by atoms with Gasteiger partial charge >= 0.3 is 6.18 Å². The number of carbonyl (C=O) groups excluding carboxylic acids is 1. The second-order valence-corrected chi connectivity index (χ2v) is 9.03. The summed E-state index contributed by atoms with van der Waals surface area (Å²) in [6.45, 7) is 0.689. The zero-order valence-electron chi connectivity index (χ0n) is 16.7. The number of amides is 1. The Balaban J connectivity index is 1.52. The van der Waals surface area contributed by atoms with E-state index in [-0.39, 0.29) is 23.9 Å². The molecular formula is C20H20ClF3N4O3S. The summed E-state index contributed by atoms with van der Waals surface area (Å²) in [7, 11) is -3.80. The highest BCUT2D eigenvalue weighted by Gasteiger charge is 2.32. The number of hydrogen-bond donors (Lipinski definition) is 1. The van der Waals surface area contributed by atoms with Crippen molar-refractivity contribution in [3.63, 3.8) is 0 Å². The van der Waals surface area contributed by atoms with Crippen LogP contribution in [0.1, 0.15) is 11.1 Å². The molecule has 1 aromatic heterocycles. The van der Waals surface area contributed by atoms with Gasteiger partial charge in [0.25, 0.3) is 0 Å². The summed E-state index contributed by atoms with van der Waals surface area (Å²) in [5.74, 6) is -0.202. The van der Waals surface area contributed by atoms with Gasteiger partial charge in [-0.25, -0.2) is 18.1 Å². The fourth-order valence-corrected chi connectivity index (χ4v) is 4.08. The molecule has 0 bridgehead atoms. The lowest BCUT2D eigenvalue weighted by Gasteiger charge is -2.35. The molecule has 1 amide bonds. The van der Waals surface area contributed by atoms with E-state index in [0.717, 1.165) is 17.7 Å². The molecule has 2 aromatic rings. The van der Waals surface area contributed by atoms with Crippen LogP contribution < -0.4 is 9.62 Å². The van der Waals surface area contributed by atoms with Crippen molar-refractivity contribution in [3.05, 3.63) is 64.2 Å². The number of nitrogens with one attached hydrogen (secondary N) is 1. The van der Waals surface area contributed by atoms with Crippen molar-refractivity contribution in [2.45, 2.75) is 6.18 Å². The third-order valence-electron chi connectivity index (χ3n) is 4.74. The van der Waals surface area contributed by atoms with Crippen molar-refractivity contribution < 1.29 is 26.4 Å². The summed E-state index contributed by atoms with van der Waals surface area (Å²) < 4.78 is 64.7. The highest BCUT2D eigenvalue weighted by atomic mass is 35.5. The van der Waals surface area contributed by atoms with Gasteiger partial charge < -0.3 is 9.80 Å². The van der Waals surface area contributed by atoms with E-state index in [1.807, 2.05) is 6.07 Å². The van der Waals surface area contributed by atoms with Gasteiger partial charge in [0.2, 0.25) is 15.9 Å². The maximum absolute atomic E-state index is 12.8. The summed E-state index contributed by atoms with van der Waals surface area (Å²) in [6.07, 6.45) is -2.40. The molecule has 1 aliphatic rings. The Bertz CT molecular complexity index is 1090. The SMILES string of the molecule is O=C(CNS(=O)(=O)C=Cc1ccccc1)N1CCN(c2ncc(C(F)(F)F)cc2Cl)CC1. The molecule has 0 spiro atoms. The molecule has 0 unspecified atom stereocenters. The van der Waals surface area contributed by atoms with Gasteiger partial charge in [-0.05, 0) is 17.7 Å². The number of nitrogens with zero attached hydrogens (tertiary/aromatic N) is 3. The Labute approximate surface area is 188 Å². The lowest BCUT2D eigenvalue weighted by atomic mass is 10.2. The number of aromatic nitrogens is 1. The predicted molar refractivity (Wildman–Crippen MR) is 115 cm³/mol. The largest absolute Gasteiger partial charge is 0.417 e. The smallest absolute Gasteiger partial charge is 0.352 e. The van der Waals surface area contributed by atoms with E-state index < -0.39 is 34.2 Å². The molecule has 1 aliphatic heterocycles. The van der Waals surface area contributed by atoms with E-state index in [9.17, 15) is 26.4 Å². The summed E-state index contributed by atoms with van der Waals surface area (Å²) in [5.41, 5.74) is -0.232. The summed E-state index contributed by atoms with van der Waals surface area (Å²) in [4.78, 5) is 19.3. The van der Waals surface area contributed by atoms with Gasteiger partial charge in [0.15, 0.2) is 0 Å². The third kappa shape index (κ3) is 6.44. The number of benzene rings is 1. The highest BCUT2D eigenvalue weighted by Crippen LogP contribution is 2.33. The molecule has 172 valence electrons. The Kier molecular flexibility index (Phi) is 7.42. The van der Waals surface area contributed by atoms with Crippen molar-refractivity contribution in [2.24, 2.45) is 0 Å². The number of rotatable bonds is 6. The second kappa shape index (κ2) is 9.88. The van der Waals surface area contributed by atoms with Crippen LogP contribution in [0.2, 0.25) is 5.02 Å². The van der Waals surface area contributed by atoms with Crippen molar-refractivity contribution >= 4 is 39.4 Å². The van der Waals surface area contributed by atoms with E-state index in [4.69, 9.17) is 11.6 Å². The van der Waals surface area contributed by atoms with Crippen molar-refractivity contribution in [3.8, 4) is 0 Å². The van der Waals surface area contributed by atoms with Gasteiger partial charge in [0.1, 0.15) is 5.82 Å². The topological polar surface area (TPSA) is 82.6 Å². The van der Waals surface area contributed by atoms with Gasteiger partial charge in [0, 0.05) is 37.8 Å². The minimum absolute atomic E-state index is 0.127. The van der Waals surface area contributed by atoms with Gasteiger partial charge in [-0.2, -0.15) is 13.2 Å². The molecule has 0 aliphatic carbocycles. The average molecular weight is 489 g/mol. The molecule has 32 heavy (non-hydrogen) atoms. The van der Waals surface area contributed by atoms with Crippen molar-refractivity contribution in [1.29, 1.82) is 0 Å². The van der Waals surface area contributed by atoms with Crippen molar-refractivity contribution in [1.82, 2.24) is 14.6 Å². The maximum atomic E-state index is 12.8. The van der Waals surface area contributed by atoms with Crippen molar-refractivity contribution in [2.75, 3.05) is 37.6 Å². The van der Waals surface area contributed by atoms with Crippen LogP contribution in [0, 0.1) is 0 Å². The fourth-order valence-electron chi connectivity index (χ4n) is 3.04. The molecule has 0 atom stereocenters. The highest BCUT2D eigenvalue weighted by molar-refractivity contribution is 7.92. The number of sulfonamides is 1. The van der Waals surface area contributed by atoms with Crippen LogP contribution in [0.5, 0.6) is 0 Å². The average Bonchev–Trinajstić information content (AvgIpc) is 2.76. The van der Waals surface area contributed by atoms with Gasteiger partial charge in [-0.15, -0.1) is 0 Å². The molecule has 1 aromatic carbocycles. The van der Waals surface area contributed by atoms with Gasteiger partial charge in [-0.3, -0.25) is 4.79 Å². The first kappa shape index (κ1) is 24.0. The number of hydrogen-bond acceptors (Lipinski definition) is 5. The first-order chi connectivity index (χ1) is 15.0. The molecule has 1 N–H and O–H groups in total. The number of carbonyl (C=O) groups is 1. The lowest BCUT2D eigenvalue weighted by Crippen LogP contribution is -2.51. The minimum atomic E-state index is -4.54. The van der Waals surface area contributed by atoms with E-state index in [1.54, 1.807) is 29.2 Å². The van der Waals surface area contributed by atoms with Crippen LogP contribution in [0.4, 0.5) is 19.0 Å². The van der Waals surface area contributed by atoms with Gasteiger partial charge in [0.05, 0.1) is 17.1 Å². The van der Waals surface area contributed by atoms with E-state index in [0.29, 0.717) is 18.7 Å². The molecule has 0 saturated carbocycles. The molecular weight excluding hydrogens is 469 g/mol.